The van der Waals surface area contributed by atoms with E-state index >= 15 is 0 Å². The first-order chi connectivity index (χ1) is 8.83. The summed E-state index contributed by atoms with van der Waals surface area (Å²) in [7, 11) is 1.38. The van der Waals surface area contributed by atoms with Crippen molar-refractivity contribution >= 4 is 52.6 Å². The standard InChI is InChI=1S/C14H12Cl2Si2/c15-9-17-13-5-1-11(2-6-13)12-3-7-14(8-4-12)18-10-16/h1-8H,9-10H2. The van der Waals surface area contributed by atoms with Crippen molar-refractivity contribution in [2.75, 3.05) is 11.0 Å². The highest BCUT2D eigenvalue weighted by Crippen LogP contribution is 2.16. The third-order valence-electron chi connectivity index (χ3n) is 2.65. The fraction of sp³-hybridized carbons (Fsp3) is 0.143. The average Bonchev–Trinajstić information content (AvgIpc) is 2.41. The second-order valence-corrected chi connectivity index (χ2v) is 7.78. The van der Waals surface area contributed by atoms with Gasteiger partial charge in [0.1, 0.15) is 0 Å². The van der Waals surface area contributed by atoms with Crippen LogP contribution in [0.15, 0.2) is 48.5 Å². The van der Waals surface area contributed by atoms with E-state index in [0.717, 1.165) is 0 Å². The van der Waals surface area contributed by atoms with Crippen LogP contribution in [0.25, 0.3) is 11.1 Å². The molecule has 0 heterocycles. The van der Waals surface area contributed by atoms with Crippen LogP contribution in [0.3, 0.4) is 0 Å². The van der Waals surface area contributed by atoms with Gasteiger partial charge in [-0.25, -0.2) is 0 Å². The van der Waals surface area contributed by atoms with E-state index in [0.29, 0.717) is 30.0 Å². The van der Waals surface area contributed by atoms with Crippen LogP contribution in [0.4, 0.5) is 0 Å². The summed E-state index contributed by atoms with van der Waals surface area (Å²) in [4.78, 5) is 0. The van der Waals surface area contributed by atoms with E-state index in [1.54, 1.807) is 0 Å². The second-order valence-electron chi connectivity index (χ2n) is 3.78. The summed E-state index contributed by atoms with van der Waals surface area (Å²) in [6.45, 7) is 0. The van der Waals surface area contributed by atoms with Crippen LogP contribution in [-0.4, -0.2) is 30.0 Å². The Morgan fingerprint density at radius 3 is 1.22 bits per heavy atom. The monoisotopic (exact) mass is 306 g/mol. The summed E-state index contributed by atoms with van der Waals surface area (Å²) >= 11 is 11.5. The molecule has 0 bridgehead atoms. The van der Waals surface area contributed by atoms with Gasteiger partial charge in [0.15, 0.2) is 0 Å². The fourth-order valence-electron chi connectivity index (χ4n) is 1.72. The number of rotatable bonds is 5. The topological polar surface area (TPSA) is 0 Å². The van der Waals surface area contributed by atoms with E-state index in [-0.39, 0.29) is 0 Å². The van der Waals surface area contributed by atoms with Crippen LogP contribution in [-0.2, 0) is 0 Å². The van der Waals surface area contributed by atoms with Crippen molar-refractivity contribution in [2.24, 2.45) is 0 Å². The quantitative estimate of drug-likeness (QED) is 0.588. The van der Waals surface area contributed by atoms with E-state index in [1.807, 2.05) is 0 Å². The SMILES string of the molecule is ClC[Si]c1ccc(-c2ccc([Si]CCl)cc2)cc1. The van der Waals surface area contributed by atoms with Crippen LogP contribution >= 0.6 is 23.2 Å². The van der Waals surface area contributed by atoms with Crippen LogP contribution in [0, 0.1) is 0 Å². The molecule has 4 heteroatoms. The van der Waals surface area contributed by atoms with E-state index < -0.39 is 0 Å². The van der Waals surface area contributed by atoms with Crippen molar-refractivity contribution in [1.29, 1.82) is 0 Å². The van der Waals surface area contributed by atoms with E-state index in [9.17, 15) is 0 Å². The Balaban J connectivity index is 2.15. The molecule has 0 spiro atoms. The van der Waals surface area contributed by atoms with Gasteiger partial charge in [0.25, 0.3) is 0 Å². The molecule has 0 aliphatic heterocycles. The third kappa shape index (κ3) is 3.72. The number of halogens is 2. The minimum absolute atomic E-state index is 0.691. The van der Waals surface area contributed by atoms with Gasteiger partial charge in [0.2, 0.25) is 0 Å². The lowest BCUT2D eigenvalue weighted by atomic mass is 10.1. The molecule has 0 atom stereocenters. The number of alkyl halides is 2. The second kappa shape index (κ2) is 7.14. The van der Waals surface area contributed by atoms with Crippen molar-refractivity contribution in [3.05, 3.63) is 48.5 Å². The van der Waals surface area contributed by atoms with Crippen LogP contribution in [0.5, 0.6) is 0 Å². The molecule has 0 fully saturated rings. The molecule has 2 aromatic rings. The smallest absolute Gasteiger partial charge is 0.0988 e. The van der Waals surface area contributed by atoms with Gasteiger partial charge in [-0.1, -0.05) is 58.9 Å². The van der Waals surface area contributed by atoms with Gasteiger partial charge < -0.3 is 0 Å². The van der Waals surface area contributed by atoms with E-state index in [1.165, 1.54) is 21.5 Å². The molecule has 0 saturated heterocycles. The van der Waals surface area contributed by atoms with Gasteiger partial charge in [0, 0.05) is 11.0 Å². The Labute approximate surface area is 123 Å². The zero-order chi connectivity index (χ0) is 12.8. The highest BCUT2D eigenvalue weighted by molar-refractivity contribution is 6.62. The van der Waals surface area contributed by atoms with E-state index in [2.05, 4.69) is 48.5 Å². The Hall–Kier alpha value is -0.546. The molecule has 4 radical (unpaired) electrons. The van der Waals surface area contributed by atoms with Crippen molar-refractivity contribution in [3.8, 4) is 11.1 Å². The van der Waals surface area contributed by atoms with E-state index in [4.69, 9.17) is 23.2 Å². The summed E-state index contributed by atoms with van der Waals surface area (Å²) in [6.07, 6.45) is 0. The van der Waals surface area contributed by atoms with Crippen LogP contribution in [0.2, 0.25) is 0 Å². The van der Waals surface area contributed by atoms with Crippen molar-refractivity contribution in [1.82, 2.24) is 0 Å². The first kappa shape index (κ1) is 13.9. The average molecular weight is 307 g/mol. The molecule has 18 heavy (non-hydrogen) atoms. The lowest BCUT2D eigenvalue weighted by Gasteiger charge is -2.04. The molecule has 0 aliphatic carbocycles. The number of benzene rings is 2. The Morgan fingerprint density at radius 2 is 0.944 bits per heavy atom. The van der Waals surface area contributed by atoms with Gasteiger partial charge in [-0.05, 0) is 11.1 Å². The van der Waals surface area contributed by atoms with Crippen molar-refractivity contribution in [2.45, 2.75) is 0 Å². The molecule has 2 aromatic carbocycles. The zero-order valence-corrected chi connectivity index (χ0v) is 13.3. The Bertz CT molecular complexity index is 433. The molecule has 0 aliphatic rings. The molecule has 0 aromatic heterocycles. The van der Waals surface area contributed by atoms with Gasteiger partial charge in [0.05, 0.1) is 19.0 Å². The summed E-state index contributed by atoms with van der Waals surface area (Å²) in [5.74, 6) is 0. The first-order valence-electron chi connectivity index (χ1n) is 5.63. The third-order valence-corrected chi connectivity index (χ3v) is 5.20. The van der Waals surface area contributed by atoms with Gasteiger partial charge in [-0.3, -0.25) is 0 Å². The maximum Gasteiger partial charge on any atom is 0.0988 e. The minimum atomic E-state index is 0.691. The summed E-state index contributed by atoms with van der Waals surface area (Å²) in [5.41, 5.74) is 3.90. The van der Waals surface area contributed by atoms with Crippen LogP contribution < -0.4 is 10.4 Å². The van der Waals surface area contributed by atoms with Crippen LogP contribution in [0.1, 0.15) is 0 Å². The number of hydrogen-bond donors (Lipinski definition) is 0. The molecule has 0 unspecified atom stereocenters. The lowest BCUT2D eigenvalue weighted by molar-refractivity contribution is 1.65. The predicted octanol–water partition coefficient (Wildman–Crippen LogP) is 2.41. The Morgan fingerprint density at radius 1 is 0.611 bits per heavy atom. The molecule has 90 valence electrons. The maximum atomic E-state index is 5.74. The molecule has 0 nitrogen and oxygen atoms in total. The van der Waals surface area contributed by atoms with Gasteiger partial charge in [-0.2, -0.15) is 0 Å². The largest absolute Gasteiger partial charge is 0.130 e. The summed E-state index contributed by atoms with van der Waals surface area (Å²) in [6, 6.07) is 17.3. The van der Waals surface area contributed by atoms with Crippen molar-refractivity contribution in [3.63, 3.8) is 0 Å². The summed E-state index contributed by atoms with van der Waals surface area (Å²) < 4.78 is 0. The highest BCUT2D eigenvalue weighted by Gasteiger charge is 1.99. The van der Waals surface area contributed by atoms with Gasteiger partial charge in [-0.15, -0.1) is 23.2 Å². The summed E-state index contributed by atoms with van der Waals surface area (Å²) in [5, 5.41) is 2.63. The highest BCUT2D eigenvalue weighted by atomic mass is 35.5. The minimum Gasteiger partial charge on any atom is -0.130 e. The normalized spacial score (nSPS) is 10.6. The van der Waals surface area contributed by atoms with Gasteiger partial charge >= 0.3 is 0 Å². The first-order valence-corrected chi connectivity index (χ1v) is 9.12. The molecule has 2 rings (SSSR count). The molecule has 0 N–H and O–H groups in total. The predicted molar refractivity (Wildman–Crippen MR) is 84.1 cm³/mol. The molecule has 0 amide bonds. The molecular weight excluding hydrogens is 295 g/mol. The molecule has 0 saturated carbocycles. The Kier molecular flexibility index (Phi) is 5.51. The molecular formula is C14H12Cl2Si2. The van der Waals surface area contributed by atoms with Crippen molar-refractivity contribution < 1.29 is 0 Å². The lowest BCUT2D eigenvalue weighted by Crippen LogP contribution is -2.15. The maximum absolute atomic E-state index is 5.74. The fourth-order valence-corrected chi connectivity index (χ4v) is 3.75. The zero-order valence-electron chi connectivity index (χ0n) is 9.79. The number of hydrogen-bond acceptors (Lipinski definition) is 0.